The van der Waals surface area contributed by atoms with Crippen LogP contribution in [0.3, 0.4) is 0 Å². The second kappa shape index (κ2) is 5.45. The Morgan fingerprint density at radius 1 is 1.40 bits per heavy atom. The van der Waals surface area contributed by atoms with Crippen LogP contribution in [0.5, 0.6) is 0 Å². The summed E-state index contributed by atoms with van der Waals surface area (Å²) in [5, 5.41) is 18.9. The van der Waals surface area contributed by atoms with Gasteiger partial charge in [0.1, 0.15) is 17.3 Å². The van der Waals surface area contributed by atoms with Crippen molar-refractivity contribution in [1.82, 2.24) is 25.2 Å². The number of alkyl halides is 3. The molecule has 0 atom stereocenters. The van der Waals surface area contributed by atoms with Gasteiger partial charge in [0.2, 0.25) is 5.16 Å². The first-order valence-electron chi connectivity index (χ1n) is 5.06. The van der Waals surface area contributed by atoms with E-state index in [0.29, 0.717) is 0 Å². The topological polar surface area (TPSA) is 93.8 Å². The maximum Gasteiger partial charge on any atom is 0.433 e. The van der Waals surface area contributed by atoms with Crippen LogP contribution in [-0.4, -0.2) is 36.3 Å². The van der Waals surface area contributed by atoms with Gasteiger partial charge in [0, 0.05) is 0 Å². The van der Waals surface area contributed by atoms with Crippen molar-refractivity contribution < 1.29 is 23.1 Å². The molecule has 0 bridgehead atoms. The Hall–Kier alpha value is -2.17. The van der Waals surface area contributed by atoms with Gasteiger partial charge in [-0.05, 0) is 34.3 Å². The van der Waals surface area contributed by atoms with Crippen LogP contribution >= 0.6 is 11.8 Å². The van der Waals surface area contributed by atoms with E-state index in [2.05, 4.69) is 20.5 Å². The minimum Gasteiger partial charge on any atom is -0.480 e. The summed E-state index contributed by atoms with van der Waals surface area (Å²) in [4.78, 5) is 14.0. The van der Waals surface area contributed by atoms with E-state index in [4.69, 9.17) is 5.11 Å². The Morgan fingerprint density at radius 2 is 2.15 bits per heavy atom. The highest BCUT2D eigenvalue weighted by Gasteiger charge is 2.32. The largest absolute Gasteiger partial charge is 0.480 e. The van der Waals surface area contributed by atoms with Gasteiger partial charge in [0.25, 0.3) is 0 Å². The second-order valence-electron chi connectivity index (χ2n) is 3.47. The van der Waals surface area contributed by atoms with Crippen LogP contribution in [-0.2, 0) is 17.5 Å². The average Bonchev–Trinajstić information content (AvgIpc) is 2.75. The minimum absolute atomic E-state index is 0.0151. The molecule has 1 N–H and O–H groups in total. The van der Waals surface area contributed by atoms with Gasteiger partial charge in [-0.2, -0.15) is 13.2 Å². The van der Waals surface area contributed by atoms with Crippen molar-refractivity contribution in [3.05, 3.63) is 23.9 Å². The van der Waals surface area contributed by atoms with Gasteiger partial charge in [-0.25, -0.2) is 9.67 Å². The molecule has 11 heteroatoms. The highest BCUT2D eigenvalue weighted by Crippen LogP contribution is 2.30. The molecule has 0 aliphatic heterocycles. The summed E-state index contributed by atoms with van der Waals surface area (Å²) in [5.41, 5.74) is -1.04. The van der Waals surface area contributed by atoms with Crippen molar-refractivity contribution in [2.24, 2.45) is 0 Å². The molecule has 0 saturated heterocycles. The molecule has 0 saturated carbocycles. The van der Waals surface area contributed by atoms with Gasteiger partial charge < -0.3 is 5.11 Å². The maximum atomic E-state index is 12.5. The molecule has 0 fully saturated rings. The van der Waals surface area contributed by atoms with Gasteiger partial charge >= 0.3 is 12.1 Å². The molecule has 2 aromatic heterocycles. The van der Waals surface area contributed by atoms with Gasteiger partial charge in [-0.1, -0.05) is 6.07 Å². The molecule has 0 unspecified atom stereocenters. The molecule has 2 heterocycles. The van der Waals surface area contributed by atoms with Crippen LogP contribution in [0.2, 0.25) is 0 Å². The molecule has 20 heavy (non-hydrogen) atoms. The first-order chi connectivity index (χ1) is 9.36. The third-order valence-electron chi connectivity index (χ3n) is 1.99. The van der Waals surface area contributed by atoms with E-state index >= 15 is 0 Å². The summed E-state index contributed by atoms with van der Waals surface area (Å²) in [5.74, 6) is -1.17. The molecular formula is C9H6F3N5O2S. The molecule has 2 rings (SSSR count). The van der Waals surface area contributed by atoms with Crippen LogP contribution in [0.25, 0.3) is 0 Å². The molecule has 2 aromatic rings. The Kier molecular flexibility index (Phi) is 3.88. The number of carboxylic acid groups (broad SMARTS) is 1. The highest BCUT2D eigenvalue weighted by atomic mass is 32.2. The van der Waals surface area contributed by atoms with Crippen molar-refractivity contribution >= 4 is 17.7 Å². The third kappa shape index (κ3) is 3.44. The summed E-state index contributed by atoms with van der Waals surface area (Å²) in [7, 11) is 0. The Labute approximate surface area is 113 Å². The predicted octanol–water partition coefficient (Wildman–Crippen LogP) is 1.32. The first kappa shape index (κ1) is 14.2. The molecule has 0 aliphatic rings. The van der Waals surface area contributed by atoms with Crippen molar-refractivity contribution in [1.29, 1.82) is 0 Å². The van der Waals surface area contributed by atoms with Crippen molar-refractivity contribution in [3.8, 4) is 0 Å². The Morgan fingerprint density at radius 3 is 2.80 bits per heavy atom. The number of halogens is 3. The number of rotatable bonds is 4. The lowest BCUT2D eigenvalue weighted by atomic mass is 10.3. The van der Waals surface area contributed by atoms with Crippen LogP contribution in [0, 0.1) is 0 Å². The smallest absolute Gasteiger partial charge is 0.433 e. The van der Waals surface area contributed by atoms with E-state index in [1.807, 2.05) is 0 Å². The van der Waals surface area contributed by atoms with Gasteiger partial charge in [-0.15, -0.1) is 5.10 Å². The summed E-state index contributed by atoms with van der Waals surface area (Å²) >= 11 is 0.746. The van der Waals surface area contributed by atoms with E-state index in [1.165, 1.54) is 12.1 Å². The number of aliphatic carboxylic acids is 1. The van der Waals surface area contributed by atoms with E-state index in [0.717, 1.165) is 22.5 Å². The van der Waals surface area contributed by atoms with Crippen LogP contribution in [0.4, 0.5) is 13.2 Å². The maximum absolute atomic E-state index is 12.5. The summed E-state index contributed by atoms with van der Waals surface area (Å²) in [6, 6.07) is 3.38. The molecule has 106 valence electrons. The van der Waals surface area contributed by atoms with Crippen LogP contribution < -0.4 is 0 Å². The van der Waals surface area contributed by atoms with Crippen LogP contribution in [0.15, 0.2) is 28.4 Å². The number of hydrogen-bond acceptors (Lipinski definition) is 6. The zero-order valence-electron chi connectivity index (χ0n) is 9.57. The standard InChI is InChI=1S/C9H6F3N5O2S/c10-9(11,12)5-2-1-3-6(13-5)20-8-14-15-16-17(8)4-7(18)19/h1-3H,4H2,(H,18,19). The molecule has 0 aromatic carbocycles. The SMILES string of the molecule is O=C(O)Cn1nnnc1Sc1cccc(C(F)(F)F)n1. The molecule has 0 radical (unpaired) electrons. The molecule has 7 nitrogen and oxygen atoms in total. The van der Waals surface area contributed by atoms with Crippen molar-refractivity contribution in [2.75, 3.05) is 0 Å². The van der Waals surface area contributed by atoms with E-state index < -0.39 is 24.4 Å². The number of tetrazole rings is 1. The fourth-order valence-electron chi connectivity index (χ4n) is 1.22. The summed E-state index contributed by atoms with van der Waals surface area (Å²) in [6.07, 6.45) is -4.55. The molecule has 0 amide bonds. The third-order valence-corrected chi connectivity index (χ3v) is 2.91. The summed E-state index contributed by atoms with van der Waals surface area (Å²) in [6.45, 7) is -0.492. The average molecular weight is 305 g/mol. The molecular weight excluding hydrogens is 299 g/mol. The first-order valence-corrected chi connectivity index (χ1v) is 5.88. The van der Waals surface area contributed by atoms with Crippen molar-refractivity contribution in [3.63, 3.8) is 0 Å². The lowest BCUT2D eigenvalue weighted by molar-refractivity contribution is -0.141. The van der Waals surface area contributed by atoms with E-state index in [9.17, 15) is 18.0 Å². The fraction of sp³-hybridized carbons (Fsp3) is 0.222. The highest BCUT2D eigenvalue weighted by molar-refractivity contribution is 7.99. The quantitative estimate of drug-likeness (QED) is 0.910. The fourth-order valence-corrected chi connectivity index (χ4v) is 1.98. The Bertz CT molecular complexity index is 630. The normalized spacial score (nSPS) is 11.6. The van der Waals surface area contributed by atoms with E-state index in [-0.39, 0.29) is 10.2 Å². The number of aromatic nitrogens is 5. The van der Waals surface area contributed by atoms with Crippen LogP contribution in [0.1, 0.15) is 5.69 Å². The lowest BCUT2D eigenvalue weighted by Crippen LogP contribution is -2.11. The monoisotopic (exact) mass is 305 g/mol. The zero-order valence-corrected chi connectivity index (χ0v) is 10.4. The second-order valence-corrected chi connectivity index (χ2v) is 4.46. The molecule has 0 spiro atoms. The van der Waals surface area contributed by atoms with Gasteiger partial charge in [0.05, 0.1) is 0 Å². The molecule has 0 aliphatic carbocycles. The predicted molar refractivity (Wildman–Crippen MR) is 58.8 cm³/mol. The van der Waals surface area contributed by atoms with Gasteiger partial charge in [-0.3, -0.25) is 4.79 Å². The number of pyridine rings is 1. The number of hydrogen-bond donors (Lipinski definition) is 1. The van der Waals surface area contributed by atoms with Gasteiger partial charge in [0.15, 0.2) is 0 Å². The number of nitrogens with zero attached hydrogens (tertiary/aromatic N) is 5. The Balaban J connectivity index is 2.22. The van der Waals surface area contributed by atoms with E-state index in [1.54, 1.807) is 0 Å². The van der Waals surface area contributed by atoms with Crippen molar-refractivity contribution in [2.45, 2.75) is 22.9 Å². The zero-order chi connectivity index (χ0) is 14.8. The number of carbonyl (C=O) groups is 1. The number of carboxylic acids is 1. The minimum atomic E-state index is -4.55. The lowest BCUT2D eigenvalue weighted by Gasteiger charge is -2.06. The summed E-state index contributed by atoms with van der Waals surface area (Å²) < 4.78 is 38.5.